The summed E-state index contributed by atoms with van der Waals surface area (Å²) in [5.41, 5.74) is 2.95. The highest BCUT2D eigenvalue weighted by molar-refractivity contribution is 6.11. The highest BCUT2D eigenvalue weighted by atomic mass is 16.5. The van der Waals surface area contributed by atoms with Gasteiger partial charge in [0.15, 0.2) is 0 Å². The van der Waals surface area contributed by atoms with E-state index in [1.807, 2.05) is 6.07 Å². The predicted molar refractivity (Wildman–Crippen MR) is 110 cm³/mol. The average molecular weight is 392 g/mol. The van der Waals surface area contributed by atoms with Gasteiger partial charge in [-0.2, -0.15) is 0 Å². The quantitative estimate of drug-likeness (QED) is 0.691. The minimum absolute atomic E-state index is 0.200. The third-order valence-corrected chi connectivity index (χ3v) is 6.13. The van der Waals surface area contributed by atoms with Crippen molar-refractivity contribution in [3.63, 3.8) is 0 Å². The van der Waals surface area contributed by atoms with Gasteiger partial charge in [-0.3, -0.25) is 19.8 Å². The fourth-order valence-corrected chi connectivity index (χ4v) is 4.55. The first-order valence-corrected chi connectivity index (χ1v) is 10.3. The van der Waals surface area contributed by atoms with E-state index in [2.05, 4.69) is 34.5 Å². The number of hydrogen-bond donors (Lipinski definition) is 1. The molecule has 2 aliphatic rings. The molecule has 5 rings (SSSR count). The largest absolute Gasteiger partial charge is 0.464 e. The number of amides is 2. The van der Waals surface area contributed by atoms with Gasteiger partial charge in [-0.1, -0.05) is 24.3 Å². The van der Waals surface area contributed by atoms with Crippen LogP contribution in [0.5, 0.6) is 0 Å². The Hall–Kier alpha value is -2.70. The zero-order valence-corrected chi connectivity index (χ0v) is 16.3. The molecule has 150 valence electrons. The molecule has 0 spiro atoms. The second-order valence-electron chi connectivity index (χ2n) is 7.85. The number of benzene rings is 2. The number of nitrogens with one attached hydrogen (secondary N) is 1. The van der Waals surface area contributed by atoms with E-state index in [4.69, 9.17) is 9.15 Å². The summed E-state index contributed by atoms with van der Waals surface area (Å²) < 4.78 is 11.2. The molecule has 2 amide bonds. The lowest BCUT2D eigenvalue weighted by atomic mass is 9.88. The summed E-state index contributed by atoms with van der Waals surface area (Å²) in [6, 6.07) is 10.5. The zero-order chi connectivity index (χ0) is 19.8. The molecule has 0 saturated carbocycles. The second-order valence-corrected chi connectivity index (χ2v) is 7.85. The van der Waals surface area contributed by atoms with Crippen molar-refractivity contribution in [3.05, 3.63) is 47.7 Å². The monoisotopic (exact) mass is 392 g/mol. The molecule has 2 aromatic carbocycles. The van der Waals surface area contributed by atoms with Crippen LogP contribution in [0.4, 0.5) is 0 Å². The van der Waals surface area contributed by atoms with Gasteiger partial charge in [0.05, 0.1) is 25.4 Å². The van der Waals surface area contributed by atoms with Crippen molar-refractivity contribution in [2.75, 3.05) is 32.8 Å². The molecule has 1 N–H and O–H groups in total. The van der Waals surface area contributed by atoms with E-state index >= 15 is 0 Å². The minimum Gasteiger partial charge on any atom is -0.464 e. The number of imide groups is 1. The number of fused-ring (bicyclic) bond motifs is 3. The lowest BCUT2D eigenvalue weighted by molar-refractivity contribution is -0.134. The smallest absolute Gasteiger partial charge is 0.234 e. The van der Waals surface area contributed by atoms with Crippen molar-refractivity contribution in [3.8, 4) is 0 Å². The van der Waals surface area contributed by atoms with E-state index in [9.17, 15) is 9.59 Å². The van der Waals surface area contributed by atoms with E-state index in [-0.39, 0.29) is 17.7 Å². The fraction of sp³-hybridized carbons (Fsp3) is 0.391. The van der Waals surface area contributed by atoms with E-state index in [1.165, 1.54) is 10.9 Å². The number of piperidine rings is 1. The normalized spacial score (nSPS) is 21.0. The molecule has 0 radical (unpaired) electrons. The van der Waals surface area contributed by atoms with Crippen molar-refractivity contribution in [1.82, 2.24) is 10.2 Å². The molecular formula is C23H24N2O4. The van der Waals surface area contributed by atoms with Crippen LogP contribution in [0.25, 0.3) is 21.7 Å². The van der Waals surface area contributed by atoms with Gasteiger partial charge >= 0.3 is 0 Å². The van der Waals surface area contributed by atoms with E-state index in [0.717, 1.165) is 61.2 Å². The first kappa shape index (κ1) is 18.3. The van der Waals surface area contributed by atoms with Gasteiger partial charge in [0.1, 0.15) is 5.58 Å². The van der Waals surface area contributed by atoms with Crippen LogP contribution < -0.4 is 5.32 Å². The number of carbonyl (C=O) groups excluding carboxylic acids is 2. The second kappa shape index (κ2) is 7.61. The highest BCUT2D eigenvalue weighted by Gasteiger charge is 2.31. The van der Waals surface area contributed by atoms with Crippen LogP contribution in [0, 0.1) is 0 Å². The number of ether oxygens (including phenoxy) is 1. The molecule has 1 unspecified atom stereocenters. The Labute approximate surface area is 168 Å². The van der Waals surface area contributed by atoms with Crippen LogP contribution in [0.15, 0.2) is 41.0 Å². The van der Waals surface area contributed by atoms with Gasteiger partial charge in [-0.05, 0) is 35.2 Å². The lowest BCUT2D eigenvalue weighted by Crippen LogP contribution is -2.39. The molecule has 6 heteroatoms. The SMILES string of the molecule is O=C1CCC(c2coc3ccc4c(CCN5CCOCC5)cccc4c23)C(=O)N1. The van der Waals surface area contributed by atoms with Gasteiger partial charge in [0, 0.05) is 37.0 Å². The number of carbonyl (C=O) groups is 2. The molecule has 29 heavy (non-hydrogen) atoms. The van der Waals surface area contributed by atoms with Crippen molar-refractivity contribution in [1.29, 1.82) is 0 Å². The lowest BCUT2D eigenvalue weighted by Gasteiger charge is -2.26. The molecule has 2 fully saturated rings. The van der Waals surface area contributed by atoms with Crippen LogP contribution in [0.1, 0.15) is 29.9 Å². The Morgan fingerprint density at radius 3 is 2.76 bits per heavy atom. The van der Waals surface area contributed by atoms with Crippen molar-refractivity contribution >= 4 is 33.6 Å². The summed E-state index contributed by atoms with van der Waals surface area (Å²) in [5.74, 6) is -0.782. The summed E-state index contributed by atoms with van der Waals surface area (Å²) in [7, 11) is 0. The van der Waals surface area contributed by atoms with Crippen molar-refractivity contribution in [2.24, 2.45) is 0 Å². The van der Waals surface area contributed by atoms with Crippen LogP contribution in [-0.2, 0) is 20.7 Å². The molecule has 3 heterocycles. The Morgan fingerprint density at radius 2 is 1.93 bits per heavy atom. The summed E-state index contributed by atoms with van der Waals surface area (Å²) >= 11 is 0. The molecule has 2 aliphatic heterocycles. The van der Waals surface area contributed by atoms with Gasteiger partial charge in [0.25, 0.3) is 0 Å². The predicted octanol–water partition coefficient (Wildman–Crippen LogP) is 2.98. The molecule has 3 aromatic rings. The first-order valence-electron chi connectivity index (χ1n) is 10.3. The van der Waals surface area contributed by atoms with E-state index < -0.39 is 0 Å². The Bertz CT molecular complexity index is 1080. The van der Waals surface area contributed by atoms with Gasteiger partial charge < -0.3 is 9.15 Å². The topological polar surface area (TPSA) is 71.8 Å². The Kier molecular flexibility index (Phi) is 4.81. The Balaban J connectivity index is 1.52. The molecule has 2 saturated heterocycles. The molecule has 0 aliphatic carbocycles. The highest BCUT2D eigenvalue weighted by Crippen LogP contribution is 2.37. The maximum atomic E-state index is 12.4. The van der Waals surface area contributed by atoms with Crippen molar-refractivity contribution in [2.45, 2.75) is 25.2 Å². The summed E-state index contributed by atoms with van der Waals surface area (Å²) in [5, 5.41) is 5.76. The van der Waals surface area contributed by atoms with Gasteiger partial charge in [-0.15, -0.1) is 0 Å². The summed E-state index contributed by atoms with van der Waals surface area (Å²) in [6.45, 7) is 4.58. The maximum Gasteiger partial charge on any atom is 0.234 e. The van der Waals surface area contributed by atoms with Crippen LogP contribution >= 0.6 is 0 Å². The zero-order valence-electron chi connectivity index (χ0n) is 16.3. The van der Waals surface area contributed by atoms with Gasteiger partial charge in [0.2, 0.25) is 11.8 Å². The number of furan rings is 1. The van der Waals surface area contributed by atoms with Gasteiger partial charge in [-0.25, -0.2) is 0 Å². The first-order chi connectivity index (χ1) is 14.2. The number of hydrogen-bond acceptors (Lipinski definition) is 5. The van der Waals surface area contributed by atoms with E-state index in [0.29, 0.717) is 12.8 Å². The van der Waals surface area contributed by atoms with E-state index in [1.54, 1.807) is 6.26 Å². The third kappa shape index (κ3) is 3.43. The number of morpholine rings is 1. The average Bonchev–Trinajstić information content (AvgIpc) is 3.17. The van der Waals surface area contributed by atoms with Crippen LogP contribution in [0.3, 0.4) is 0 Å². The van der Waals surface area contributed by atoms with Crippen molar-refractivity contribution < 1.29 is 18.7 Å². The molecule has 0 bridgehead atoms. The molecule has 1 aromatic heterocycles. The molecular weight excluding hydrogens is 368 g/mol. The number of rotatable bonds is 4. The summed E-state index contributed by atoms with van der Waals surface area (Å²) in [4.78, 5) is 26.4. The third-order valence-electron chi connectivity index (χ3n) is 6.13. The summed E-state index contributed by atoms with van der Waals surface area (Å²) in [6.07, 6.45) is 3.53. The van der Waals surface area contributed by atoms with Crippen LogP contribution in [-0.4, -0.2) is 49.6 Å². The Morgan fingerprint density at radius 1 is 1.07 bits per heavy atom. The minimum atomic E-state index is -0.350. The van der Waals surface area contributed by atoms with Crippen LogP contribution in [0.2, 0.25) is 0 Å². The molecule has 6 nitrogen and oxygen atoms in total. The number of nitrogens with zero attached hydrogens (tertiary/aromatic N) is 1. The standard InChI is InChI=1S/C23H24N2O4/c26-21-7-5-18(23(27)24-21)19-14-29-20-6-4-16-15(2-1-3-17(16)22(19)20)8-9-25-10-12-28-13-11-25/h1-4,6,14,18H,5,7-13H2,(H,24,26,27). The fourth-order valence-electron chi connectivity index (χ4n) is 4.55. The molecule has 1 atom stereocenters. The maximum absolute atomic E-state index is 12.4.